The Morgan fingerprint density at radius 2 is 1.92 bits per heavy atom. The lowest BCUT2D eigenvalue weighted by Crippen LogP contribution is -2.31. The van der Waals surface area contributed by atoms with E-state index in [2.05, 4.69) is 58.8 Å². The summed E-state index contributed by atoms with van der Waals surface area (Å²) in [4.78, 5) is 16.9. The highest BCUT2D eigenvalue weighted by Gasteiger charge is 2.24. The molecular formula is C21H24N4O. The molecule has 1 unspecified atom stereocenters. The molecule has 0 saturated carbocycles. The normalized spacial score (nSPS) is 20.6. The molecule has 2 aliphatic heterocycles. The smallest absolute Gasteiger partial charge is 0.257 e. The zero-order valence-corrected chi connectivity index (χ0v) is 15.2. The summed E-state index contributed by atoms with van der Waals surface area (Å²) in [5, 5.41) is 6.14. The second-order valence-corrected chi connectivity index (χ2v) is 7.10. The lowest BCUT2D eigenvalue weighted by molar-refractivity contribution is -0.110. The second-order valence-electron chi connectivity index (χ2n) is 7.10. The first kappa shape index (κ1) is 16.7. The minimum absolute atomic E-state index is 0.0675. The molecule has 2 aliphatic rings. The van der Waals surface area contributed by atoms with Crippen LogP contribution in [0.5, 0.6) is 0 Å². The van der Waals surface area contributed by atoms with E-state index in [0.717, 1.165) is 30.0 Å². The van der Waals surface area contributed by atoms with Crippen LogP contribution in [0.25, 0.3) is 5.57 Å². The number of para-hydroxylation sites is 1. The van der Waals surface area contributed by atoms with Gasteiger partial charge in [0.2, 0.25) is 0 Å². The highest BCUT2D eigenvalue weighted by atomic mass is 16.2. The van der Waals surface area contributed by atoms with Gasteiger partial charge in [-0.05, 0) is 50.8 Å². The van der Waals surface area contributed by atoms with Crippen LogP contribution in [0.3, 0.4) is 0 Å². The van der Waals surface area contributed by atoms with Crippen molar-refractivity contribution in [3.63, 3.8) is 0 Å². The monoisotopic (exact) mass is 348 g/mol. The van der Waals surface area contributed by atoms with Crippen LogP contribution in [0.15, 0.2) is 54.7 Å². The van der Waals surface area contributed by atoms with Crippen LogP contribution in [-0.2, 0) is 4.79 Å². The number of carbonyl (C=O) groups is 1. The highest BCUT2D eigenvalue weighted by Crippen LogP contribution is 2.31. The van der Waals surface area contributed by atoms with E-state index in [4.69, 9.17) is 0 Å². The van der Waals surface area contributed by atoms with Gasteiger partial charge in [-0.15, -0.1) is 0 Å². The van der Waals surface area contributed by atoms with Crippen molar-refractivity contribution < 1.29 is 4.79 Å². The molecule has 4 rings (SSSR count). The molecule has 1 atom stereocenters. The van der Waals surface area contributed by atoms with Crippen molar-refractivity contribution in [2.75, 3.05) is 42.7 Å². The molecule has 1 amide bonds. The number of fused-ring (bicyclic) bond motifs is 1. The molecular weight excluding hydrogens is 324 g/mol. The van der Waals surface area contributed by atoms with E-state index >= 15 is 0 Å². The Bertz CT molecular complexity index is 841. The number of hydrogen-bond acceptors (Lipinski definition) is 4. The Kier molecular flexibility index (Phi) is 4.39. The van der Waals surface area contributed by atoms with Gasteiger partial charge >= 0.3 is 0 Å². The van der Waals surface area contributed by atoms with Gasteiger partial charge in [0.15, 0.2) is 0 Å². The van der Waals surface area contributed by atoms with Gasteiger partial charge in [0, 0.05) is 48.0 Å². The first-order valence-corrected chi connectivity index (χ1v) is 9.01. The lowest BCUT2D eigenvalue weighted by Gasteiger charge is -2.22. The van der Waals surface area contributed by atoms with Crippen molar-refractivity contribution in [3.8, 4) is 0 Å². The van der Waals surface area contributed by atoms with E-state index in [1.54, 1.807) is 6.20 Å². The van der Waals surface area contributed by atoms with Crippen LogP contribution in [0.4, 0.5) is 17.1 Å². The number of anilines is 3. The summed E-state index contributed by atoms with van der Waals surface area (Å²) in [6.07, 6.45) is 2.99. The van der Waals surface area contributed by atoms with Crippen molar-refractivity contribution in [2.24, 2.45) is 0 Å². The summed E-state index contributed by atoms with van der Waals surface area (Å²) < 4.78 is 0. The maximum absolute atomic E-state index is 12.1. The summed E-state index contributed by atoms with van der Waals surface area (Å²) in [5.41, 5.74) is 4.69. The van der Waals surface area contributed by atoms with Gasteiger partial charge in [-0.2, -0.15) is 0 Å². The maximum Gasteiger partial charge on any atom is 0.257 e. The SMILES string of the molecule is CN(C)C1CCN(c2ccc(N/C=C3\C(=O)Nc4ccccc43)cc2)C1. The molecule has 2 aromatic carbocycles. The Labute approximate surface area is 154 Å². The van der Waals surface area contributed by atoms with Gasteiger partial charge in [-0.25, -0.2) is 0 Å². The molecule has 0 bridgehead atoms. The zero-order chi connectivity index (χ0) is 18.1. The van der Waals surface area contributed by atoms with E-state index in [9.17, 15) is 4.79 Å². The third-order valence-electron chi connectivity index (χ3n) is 5.22. The van der Waals surface area contributed by atoms with Crippen molar-refractivity contribution in [1.82, 2.24) is 4.90 Å². The van der Waals surface area contributed by atoms with Gasteiger partial charge in [0.25, 0.3) is 5.91 Å². The van der Waals surface area contributed by atoms with E-state index in [0.29, 0.717) is 11.6 Å². The first-order valence-electron chi connectivity index (χ1n) is 9.01. The average molecular weight is 348 g/mol. The van der Waals surface area contributed by atoms with E-state index in [1.807, 2.05) is 24.3 Å². The van der Waals surface area contributed by atoms with Crippen LogP contribution in [0.2, 0.25) is 0 Å². The minimum atomic E-state index is -0.0675. The quantitative estimate of drug-likeness (QED) is 0.833. The number of likely N-dealkylation sites (N-methyl/N-ethyl adjacent to an activating group) is 1. The van der Waals surface area contributed by atoms with E-state index in [-0.39, 0.29) is 5.91 Å². The van der Waals surface area contributed by atoms with Gasteiger partial charge < -0.3 is 20.4 Å². The van der Waals surface area contributed by atoms with Gasteiger partial charge in [-0.1, -0.05) is 18.2 Å². The van der Waals surface area contributed by atoms with Gasteiger partial charge in [-0.3, -0.25) is 4.79 Å². The predicted molar refractivity (Wildman–Crippen MR) is 107 cm³/mol. The largest absolute Gasteiger partial charge is 0.370 e. The third kappa shape index (κ3) is 3.18. The molecule has 0 aromatic heterocycles. The molecule has 5 heteroatoms. The van der Waals surface area contributed by atoms with Crippen molar-refractivity contribution in [1.29, 1.82) is 0 Å². The van der Waals surface area contributed by atoms with Crippen LogP contribution in [-0.4, -0.2) is 44.0 Å². The van der Waals surface area contributed by atoms with Crippen LogP contribution >= 0.6 is 0 Å². The summed E-state index contributed by atoms with van der Waals surface area (Å²) in [6.45, 7) is 2.16. The van der Waals surface area contributed by atoms with Crippen molar-refractivity contribution in [2.45, 2.75) is 12.5 Å². The summed E-state index contributed by atoms with van der Waals surface area (Å²) in [7, 11) is 4.29. The molecule has 2 aromatic rings. The fourth-order valence-corrected chi connectivity index (χ4v) is 3.60. The van der Waals surface area contributed by atoms with Crippen molar-refractivity contribution in [3.05, 3.63) is 60.3 Å². The first-order chi connectivity index (χ1) is 12.6. The molecule has 1 fully saturated rings. The van der Waals surface area contributed by atoms with E-state index in [1.165, 1.54) is 12.1 Å². The number of carbonyl (C=O) groups excluding carboxylic acids is 1. The highest BCUT2D eigenvalue weighted by molar-refractivity contribution is 6.31. The fourth-order valence-electron chi connectivity index (χ4n) is 3.60. The molecule has 5 nitrogen and oxygen atoms in total. The predicted octanol–water partition coefficient (Wildman–Crippen LogP) is 3.23. The summed E-state index contributed by atoms with van der Waals surface area (Å²) >= 11 is 0. The minimum Gasteiger partial charge on any atom is -0.370 e. The van der Waals surface area contributed by atoms with E-state index < -0.39 is 0 Å². The fraction of sp³-hybridized carbons (Fsp3) is 0.286. The van der Waals surface area contributed by atoms with Crippen molar-refractivity contribution >= 4 is 28.5 Å². The summed E-state index contributed by atoms with van der Waals surface area (Å²) in [5.74, 6) is -0.0675. The molecule has 134 valence electrons. The number of rotatable bonds is 4. The Balaban J connectivity index is 1.45. The number of hydrogen-bond donors (Lipinski definition) is 2. The molecule has 0 aliphatic carbocycles. The maximum atomic E-state index is 12.1. The number of amides is 1. The Hall–Kier alpha value is -2.79. The standard InChI is InChI=1S/C21H24N4O/c1-24(2)17-11-12-25(14-17)16-9-7-15(8-10-16)22-13-19-18-5-3-4-6-20(18)23-21(19)26/h3-10,13,17,22H,11-12,14H2,1-2H3,(H,23,26)/b19-13-. The van der Waals surface area contributed by atoms with Crippen LogP contribution in [0, 0.1) is 0 Å². The topological polar surface area (TPSA) is 47.6 Å². The molecule has 2 heterocycles. The molecule has 0 spiro atoms. The molecule has 1 saturated heterocycles. The zero-order valence-electron chi connectivity index (χ0n) is 15.2. The van der Waals surface area contributed by atoms with Crippen LogP contribution in [0.1, 0.15) is 12.0 Å². The number of nitrogens with one attached hydrogen (secondary N) is 2. The van der Waals surface area contributed by atoms with Gasteiger partial charge in [0.1, 0.15) is 0 Å². The summed E-state index contributed by atoms with van der Waals surface area (Å²) in [6, 6.07) is 16.8. The van der Waals surface area contributed by atoms with Gasteiger partial charge in [0.05, 0.1) is 5.57 Å². The Morgan fingerprint density at radius 1 is 1.15 bits per heavy atom. The molecule has 26 heavy (non-hydrogen) atoms. The number of benzene rings is 2. The lowest BCUT2D eigenvalue weighted by atomic mass is 10.1. The number of nitrogens with zero attached hydrogens (tertiary/aromatic N) is 2. The molecule has 0 radical (unpaired) electrons. The average Bonchev–Trinajstić information content (AvgIpc) is 3.25. The third-order valence-corrected chi connectivity index (χ3v) is 5.22. The molecule has 2 N–H and O–H groups in total. The van der Waals surface area contributed by atoms with Crippen LogP contribution < -0.4 is 15.5 Å². The Morgan fingerprint density at radius 3 is 2.65 bits per heavy atom. The second kappa shape index (κ2) is 6.84.